The van der Waals surface area contributed by atoms with Crippen LogP contribution in [0.5, 0.6) is 0 Å². The number of sulfonamides is 2. The zero-order valence-corrected chi connectivity index (χ0v) is 16.9. The van der Waals surface area contributed by atoms with Gasteiger partial charge in [-0.3, -0.25) is 9.03 Å². The Kier molecular flexibility index (Phi) is 5.76. The molecule has 8 heteroatoms. The fourth-order valence-corrected chi connectivity index (χ4v) is 5.46. The van der Waals surface area contributed by atoms with Crippen LogP contribution >= 0.6 is 0 Å². The van der Waals surface area contributed by atoms with Gasteiger partial charge in [0, 0.05) is 6.54 Å². The maximum absolute atomic E-state index is 12.4. The molecule has 0 unspecified atom stereocenters. The number of hydrogen-bond acceptors (Lipinski definition) is 4. The summed E-state index contributed by atoms with van der Waals surface area (Å²) in [5.41, 5.74) is 2.84. The minimum Gasteiger partial charge on any atom is -0.283 e. The maximum atomic E-state index is 12.4. The minimum atomic E-state index is -3.54. The fraction of sp³-hybridized carbons (Fsp3) is 0.368. The first-order valence-corrected chi connectivity index (χ1v) is 12.2. The van der Waals surface area contributed by atoms with Gasteiger partial charge in [0.2, 0.25) is 20.0 Å². The van der Waals surface area contributed by atoms with E-state index in [0.717, 1.165) is 24.0 Å². The van der Waals surface area contributed by atoms with Crippen molar-refractivity contribution in [3.8, 4) is 0 Å². The second kappa shape index (κ2) is 7.90. The van der Waals surface area contributed by atoms with Crippen molar-refractivity contribution >= 4 is 31.4 Å². The molecule has 0 bridgehead atoms. The Morgan fingerprint density at radius 3 is 2.48 bits per heavy atom. The highest BCUT2D eigenvalue weighted by Crippen LogP contribution is 2.32. The predicted molar refractivity (Wildman–Crippen MR) is 109 cm³/mol. The Hall–Kier alpha value is -2.06. The summed E-state index contributed by atoms with van der Waals surface area (Å²) in [5, 5.41) is 0. The van der Waals surface area contributed by atoms with Crippen molar-refractivity contribution < 1.29 is 16.8 Å². The largest absolute Gasteiger partial charge is 0.283 e. The van der Waals surface area contributed by atoms with E-state index in [4.69, 9.17) is 0 Å². The predicted octanol–water partition coefficient (Wildman–Crippen LogP) is 2.77. The maximum Gasteiger partial charge on any atom is 0.234 e. The number of benzene rings is 2. The summed E-state index contributed by atoms with van der Waals surface area (Å²) in [5.74, 6) is -0.0233. The van der Waals surface area contributed by atoms with Gasteiger partial charge < -0.3 is 0 Å². The Labute approximate surface area is 161 Å². The van der Waals surface area contributed by atoms with Crippen LogP contribution in [0.4, 0.5) is 11.4 Å². The summed E-state index contributed by atoms with van der Waals surface area (Å²) in [6.07, 6.45) is 1.96. The molecule has 3 rings (SSSR count). The van der Waals surface area contributed by atoms with Gasteiger partial charge in [0.1, 0.15) is 0 Å². The minimum absolute atomic E-state index is 0.0134. The Morgan fingerprint density at radius 1 is 1.04 bits per heavy atom. The molecule has 146 valence electrons. The van der Waals surface area contributed by atoms with Crippen LogP contribution < -0.4 is 9.03 Å². The highest BCUT2D eigenvalue weighted by molar-refractivity contribution is 7.93. The molecule has 2 aromatic rings. The van der Waals surface area contributed by atoms with Crippen LogP contribution in [0.3, 0.4) is 0 Å². The fourth-order valence-electron chi connectivity index (χ4n) is 3.18. The number of nitrogens with zero attached hydrogens (tertiary/aromatic N) is 1. The molecule has 1 N–H and O–H groups in total. The van der Waals surface area contributed by atoms with Gasteiger partial charge in [-0.25, -0.2) is 16.8 Å². The molecule has 0 amide bonds. The third-order valence-corrected chi connectivity index (χ3v) is 7.71. The number of hydrogen-bond donors (Lipinski definition) is 1. The summed E-state index contributed by atoms with van der Waals surface area (Å²) in [6.45, 7) is 2.03. The van der Waals surface area contributed by atoms with E-state index in [1.165, 1.54) is 4.31 Å². The lowest BCUT2D eigenvalue weighted by Gasteiger charge is -2.30. The lowest BCUT2D eigenvalue weighted by atomic mass is 10.0. The number of fused-ring (bicyclic) bond motifs is 1. The number of anilines is 2. The van der Waals surface area contributed by atoms with Crippen LogP contribution in [0, 0.1) is 0 Å². The molecular weight excluding hydrogens is 384 g/mol. The van der Waals surface area contributed by atoms with Crippen LogP contribution in [-0.2, 0) is 32.9 Å². The summed E-state index contributed by atoms with van der Waals surface area (Å²) in [6, 6.07) is 14.6. The summed E-state index contributed by atoms with van der Waals surface area (Å²) < 4.78 is 53.6. The van der Waals surface area contributed by atoms with Crippen molar-refractivity contribution in [2.24, 2.45) is 0 Å². The monoisotopic (exact) mass is 408 g/mol. The zero-order chi connectivity index (χ0) is 19.5. The molecule has 0 atom stereocenters. The second-order valence-electron chi connectivity index (χ2n) is 6.58. The first-order chi connectivity index (χ1) is 12.8. The highest BCUT2D eigenvalue weighted by Gasteiger charge is 2.26. The van der Waals surface area contributed by atoms with Gasteiger partial charge >= 0.3 is 0 Å². The lowest BCUT2D eigenvalue weighted by Crippen LogP contribution is -2.36. The van der Waals surface area contributed by atoms with Crippen LogP contribution in [0.2, 0.25) is 0 Å². The van der Waals surface area contributed by atoms with E-state index >= 15 is 0 Å². The van der Waals surface area contributed by atoms with Crippen molar-refractivity contribution in [1.29, 1.82) is 0 Å². The molecule has 0 radical (unpaired) electrons. The topological polar surface area (TPSA) is 83.6 Å². The van der Waals surface area contributed by atoms with Crippen molar-refractivity contribution in [3.05, 3.63) is 59.7 Å². The SMILES string of the molecule is CCS(=O)(=O)N1CCCc2ccc(NS(=O)(=O)CCc3ccccc3)cc21. The number of nitrogens with one attached hydrogen (secondary N) is 1. The van der Waals surface area contributed by atoms with E-state index in [1.807, 2.05) is 36.4 Å². The Morgan fingerprint density at radius 2 is 1.78 bits per heavy atom. The summed E-state index contributed by atoms with van der Waals surface area (Å²) in [4.78, 5) is 0. The summed E-state index contributed by atoms with van der Waals surface area (Å²) in [7, 11) is -6.92. The molecule has 0 saturated carbocycles. The first-order valence-electron chi connectivity index (χ1n) is 8.98. The molecule has 2 aromatic carbocycles. The number of aryl methyl sites for hydroxylation is 2. The van der Waals surface area contributed by atoms with E-state index in [9.17, 15) is 16.8 Å². The Balaban J connectivity index is 1.79. The smallest absolute Gasteiger partial charge is 0.234 e. The van der Waals surface area contributed by atoms with Gasteiger partial charge in [0.15, 0.2) is 0 Å². The third kappa shape index (κ3) is 4.81. The molecule has 0 spiro atoms. The van der Waals surface area contributed by atoms with Gasteiger partial charge in [-0.15, -0.1) is 0 Å². The van der Waals surface area contributed by atoms with Gasteiger partial charge in [0.25, 0.3) is 0 Å². The van der Waals surface area contributed by atoms with E-state index in [-0.39, 0.29) is 11.5 Å². The van der Waals surface area contributed by atoms with Gasteiger partial charge in [0.05, 0.1) is 22.9 Å². The Bertz CT molecular complexity index is 1000. The van der Waals surface area contributed by atoms with E-state index in [2.05, 4.69) is 4.72 Å². The van der Waals surface area contributed by atoms with Gasteiger partial charge in [-0.1, -0.05) is 36.4 Å². The van der Waals surface area contributed by atoms with Crippen molar-refractivity contribution in [2.75, 3.05) is 27.1 Å². The molecule has 0 aromatic heterocycles. The van der Waals surface area contributed by atoms with E-state index in [1.54, 1.807) is 19.1 Å². The van der Waals surface area contributed by atoms with Crippen LogP contribution in [0.1, 0.15) is 24.5 Å². The molecule has 1 aliphatic heterocycles. The molecule has 0 aliphatic carbocycles. The van der Waals surface area contributed by atoms with E-state index < -0.39 is 20.0 Å². The van der Waals surface area contributed by atoms with Gasteiger partial charge in [-0.05, 0) is 49.4 Å². The first kappa shape index (κ1) is 19.7. The van der Waals surface area contributed by atoms with Crippen LogP contribution in [0.15, 0.2) is 48.5 Å². The average Bonchev–Trinajstić information content (AvgIpc) is 2.66. The van der Waals surface area contributed by atoms with Crippen molar-refractivity contribution in [2.45, 2.75) is 26.2 Å². The molecule has 0 saturated heterocycles. The molecule has 0 fully saturated rings. The van der Waals surface area contributed by atoms with Gasteiger partial charge in [-0.2, -0.15) is 0 Å². The quantitative estimate of drug-likeness (QED) is 0.764. The average molecular weight is 409 g/mol. The molecule has 1 aliphatic rings. The van der Waals surface area contributed by atoms with Crippen LogP contribution in [0.25, 0.3) is 0 Å². The van der Waals surface area contributed by atoms with Crippen molar-refractivity contribution in [1.82, 2.24) is 0 Å². The van der Waals surface area contributed by atoms with Crippen LogP contribution in [-0.4, -0.2) is 34.9 Å². The molecule has 6 nitrogen and oxygen atoms in total. The third-order valence-electron chi connectivity index (χ3n) is 4.64. The second-order valence-corrected chi connectivity index (χ2v) is 10.6. The summed E-state index contributed by atoms with van der Waals surface area (Å²) >= 11 is 0. The molecular formula is C19H24N2O4S2. The van der Waals surface area contributed by atoms with E-state index in [0.29, 0.717) is 24.3 Å². The lowest BCUT2D eigenvalue weighted by molar-refractivity contribution is 0.587. The standard InChI is InChI=1S/C19H24N2O4S2/c1-2-27(24,25)21-13-6-9-17-10-11-18(15-19(17)21)20-26(22,23)14-12-16-7-4-3-5-8-16/h3-5,7-8,10-11,15,20H,2,6,9,12-14H2,1H3. The molecule has 27 heavy (non-hydrogen) atoms. The molecule has 1 heterocycles. The van der Waals surface area contributed by atoms with Crippen molar-refractivity contribution in [3.63, 3.8) is 0 Å². The number of rotatable bonds is 7. The highest BCUT2D eigenvalue weighted by atomic mass is 32.2. The normalized spacial score (nSPS) is 14.6. The zero-order valence-electron chi connectivity index (χ0n) is 15.3.